The van der Waals surface area contributed by atoms with Crippen molar-refractivity contribution in [3.05, 3.63) is 18.2 Å². The molecule has 1 fully saturated rings. The summed E-state index contributed by atoms with van der Waals surface area (Å²) in [6.45, 7) is 0.815. The minimum atomic E-state index is -3.69. The fourth-order valence-corrected chi connectivity index (χ4v) is 3.43. The molecule has 5 nitrogen and oxygen atoms in total. The lowest BCUT2D eigenvalue weighted by molar-refractivity contribution is 0.345. The molecule has 0 aromatic heterocycles. The summed E-state index contributed by atoms with van der Waals surface area (Å²) in [5, 5.41) is 8.45. The Kier molecular flexibility index (Phi) is 5.47. The van der Waals surface area contributed by atoms with Gasteiger partial charge in [-0.15, -0.1) is 0 Å². The highest BCUT2D eigenvalue weighted by atomic mass is 32.2. The molecule has 0 amide bonds. The molecular formula is C15H24N2O3S. The SMILES string of the molecule is COc1ccc(S(N)(=O)=O)cc1NCCC1CCCCC1. The maximum Gasteiger partial charge on any atom is 0.238 e. The molecule has 1 aliphatic carbocycles. The summed E-state index contributed by atoms with van der Waals surface area (Å²) in [4.78, 5) is 0.100. The normalized spacial score (nSPS) is 16.7. The predicted octanol–water partition coefficient (Wildman–Crippen LogP) is 2.72. The number of nitrogens with one attached hydrogen (secondary N) is 1. The van der Waals surface area contributed by atoms with E-state index < -0.39 is 10.0 Å². The molecule has 2 rings (SSSR count). The molecule has 0 spiro atoms. The number of methoxy groups -OCH3 is 1. The number of benzene rings is 1. The third-order valence-corrected chi connectivity index (χ3v) is 5.00. The van der Waals surface area contributed by atoms with Gasteiger partial charge in [0.25, 0.3) is 0 Å². The van der Waals surface area contributed by atoms with E-state index in [9.17, 15) is 8.42 Å². The molecular weight excluding hydrogens is 288 g/mol. The van der Waals surface area contributed by atoms with Gasteiger partial charge in [-0.1, -0.05) is 32.1 Å². The fourth-order valence-electron chi connectivity index (χ4n) is 2.89. The van der Waals surface area contributed by atoms with Gasteiger partial charge < -0.3 is 10.1 Å². The van der Waals surface area contributed by atoms with Crippen LogP contribution in [-0.4, -0.2) is 22.1 Å². The zero-order chi connectivity index (χ0) is 15.3. The molecule has 0 aliphatic heterocycles. The molecule has 0 heterocycles. The van der Waals surface area contributed by atoms with Crippen LogP contribution >= 0.6 is 0 Å². The van der Waals surface area contributed by atoms with Gasteiger partial charge in [0.2, 0.25) is 10.0 Å². The molecule has 0 radical (unpaired) electrons. The predicted molar refractivity (Wildman–Crippen MR) is 84.0 cm³/mol. The van der Waals surface area contributed by atoms with Crippen molar-refractivity contribution in [2.45, 2.75) is 43.4 Å². The molecule has 3 N–H and O–H groups in total. The van der Waals surface area contributed by atoms with Crippen LogP contribution in [0.15, 0.2) is 23.1 Å². The number of hydrogen-bond acceptors (Lipinski definition) is 4. The van der Waals surface area contributed by atoms with Crippen LogP contribution < -0.4 is 15.2 Å². The van der Waals surface area contributed by atoms with Crippen molar-refractivity contribution >= 4 is 15.7 Å². The first-order valence-corrected chi connectivity index (χ1v) is 9.00. The number of rotatable bonds is 6. The molecule has 118 valence electrons. The van der Waals surface area contributed by atoms with Gasteiger partial charge >= 0.3 is 0 Å². The molecule has 0 unspecified atom stereocenters. The van der Waals surface area contributed by atoms with Crippen molar-refractivity contribution in [2.24, 2.45) is 11.1 Å². The number of hydrogen-bond donors (Lipinski definition) is 2. The van der Waals surface area contributed by atoms with Crippen LogP contribution in [0.3, 0.4) is 0 Å². The van der Waals surface area contributed by atoms with Gasteiger partial charge in [0.15, 0.2) is 0 Å². The van der Waals surface area contributed by atoms with Crippen LogP contribution in [0.5, 0.6) is 5.75 Å². The number of anilines is 1. The highest BCUT2D eigenvalue weighted by Gasteiger charge is 2.14. The summed E-state index contributed by atoms with van der Waals surface area (Å²) < 4.78 is 28.1. The van der Waals surface area contributed by atoms with E-state index in [4.69, 9.17) is 9.88 Å². The van der Waals surface area contributed by atoms with Crippen LogP contribution in [0.4, 0.5) is 5.69 Å². The number of primary sulfonamides is 1. The summed E-state index contributed by atoms with van der Waals surface area (Å²) >= 11 is 0. The van der Waals surface area contributed by atoms with E-state index in [2.05, 4.69) is 5.32 Å². The lowest BCUT2D eigenvalue weighted by atomic mass is 9.87. The molecule has 1 saturated carbocycles. The molecule has 6 heteroatoms. The molecule has 1 aromatic carbocycles. The summed E-state index contributed by atoms with van der Waals surface area (Å²) in [6.07, 6.45) is 7.72. The minimum Gasteiger partial charge on any atom is -0.495 e. The van der Waals surface area contributed by atoms with E-state index in [-0.39, 0.29) is 4.90 Å². The standard InChI is InChI=1S/C15H24N2O3S/c1-20-15-8-7-13(21(16,18)19)11-14(15)17-10-9-12-5-3-2-4-6-12/h7-8,11-12,17H,2-6,9-10H2,1H3,(H2,16,18,19). The zero-order valence-electron chi connectivity index (χ0n) is 12.5. The minimum absolute atomic E-state index is 0.100. The van der Waals surface area contributed by atoms with Gasteiger partial charge in [-0.3, -0.25) is 0 Å². The molecule has 0 saturated heterocycles. The molecule has 0 atom stereocenters. The van der Waals surface area contributed by atoms with Crippen molar-refractivity contribution in [1.82, 2.24) is 0 Å². The molecule has 21 heavy (non-hydrogen) atoms. The topological polar surface area (TPSA) is 81.4 Å². The van der Waals surface area contributed by atoms with E-state index in [1.807, 2.05) is 0 Å². The lowest BCUT2D eigenvalue weighted by Crippen LogP contribution is -2.14. The monoisotopic (exact) mass is 312 g/mol. The first-order chi connectivity index (χ1) is 10.0. The van der Waals surface area contributed by atoms with E-state index in [0.717, 1.165) is 18.9 Å². The van der Waals surface area contributed by atoms with Crippen molar-refractivity contribution in [2.75, 3.05) is 19.0 Å². The Hall–Kier alpha value is -1.27. The Morgan fingerprint density at radius 2 is 2.00 bits per heavy atom. The van der Waals surface area contributed by atoms with Crippen molar-refractivity contribution in [1.29, 1.82) is 0 Å². The smallest absolute Gasteiger partial charge is 0.238 e. The van der Waals surface area contributed by atoms with E-state index in [1.165, 1.54) is 44.2 Å². The van der Waals surface area contributed by atoms with E-state index in [0.29, 0.717) is 11.4 Å². The Morgan fingerprint density at radius 3 is 2.62 bits per heavy atom. The van der Waals surface area contributed by atoms with Gasteiger partial charge in [-0.2, -0.15) is 0 Å². The zero-order valence-corrected chi connectivity index (χ0v) is 13.3. The average molecular weight is 312 g/mol. The maximum atomic E-state index is 11.4. The van der Waals surface area contributed by atoms with E-state index in [1.54, 1.807) is 13.2 Å². The first-order valence-electron chi connectivity index (χ1n) is 7.45. The largest absolute Gasteiger partial charge is 0.495 e. The Labute approximate surface area is 126 Å². The van der Waals surface area contributed by atoms with Crippen molar-refractivity contribution in [3.63, 3.8) is 0 Å². The first kappa shape index (κ1) is 16.1. The van der Waals surface area contributed by atoms with Crippen LogP contribution in [0, 0.1) is 5.92 Å². The quantitative estimate of drug-likeness (QED) is 0.846. The number of sulfonamides is 1. The van der Waals surface area contributed by atoms with Gasteiger partial charge in [0, 0.05) is 6.54 Å². The van der Waals surface area contributed by atoms with Gasteiger partial charge in [0.1, 0.15) is 5.75 Å². The number of ether oxygens (including phenoxy) is 1. The molecule has 0 bridgehead atoms. The van der Waals surface area contributed by atoms with E-state index >= 15 is 0 Å². The second-order valence-corrected chi connectivity index (χ2v) is 7.19. The molecule has 1 aliphatic rings. The number of nitrogens with two attached hydrogens (primary N) is 1. The third-order valence-electron chi connectivity index (χ3n) is 4.09. The summed E-state index contributed by atoms with van der Waals surface area (Å²) in [5.41, 5.74) is 0.680. The van der Waals surface area contributed by atoms with Gasteiger partial charge in [0.05, 0.1) is 17.7 Å². The van der Waals surface area contributed by atoms with Crippen LogP contribution in [-0.2, 0) is 10.0 Å². The fraction of sp³-hybridized carbons (Fsp3) is 0.600. The van der Waals surface area contributed by atoms with Crippen LogP contribution in [0.2, 0.25) is 0 Å². The molecule has 1 aromatic rings. The third kappa shape index (κ3) is 4.61. The van der Waals surface area contributed by atoms with Gasteiger partial charge in [-0.25, -0.2) is 13.6 Å². The average Bonchev–Trinajstić information content (AvgIpc) is 2.47. The second-order valence-electron chi connectivity index (χ2n) is 5.63. The highest BCUT2D eigenvalue weighted by molar-refractivity contribution is 7.89. The summed E-state index contributed by atoms with van der Waals surface area (Å²) in [7, 11) is -2.12. The van der Waals surface area contributed by atoms with Crippen LogP contribution in [0.25, 0.3) is 0 Å². The second kappa shape index (κ2) is 7.13. The van der Waals surface area contributed by atoms with Crippen molar-refractivity contribution < 1.29 is 13.2 Å². The highest BCUT2D eigenvalue weighted by Crippen LogP contribution is 2.29. The van der Waals surface area contributed by atoms with Gasteiger partial charge in [-0.05, 0) is 30.5 Å². The summed E-state index contributed by atoms with van der Waals surface area (Å²) in [5.74, 6) is 1.41. The Morgan fingerprint density at radius 1 is 1.29 bits per heavy atom. The Bertz CT molecular complexity index is 566. The summed E-state index contributed by atoms with van der Waals surface area (Å²) in [6, 6.07) is 4.62. The lowest BCUT2D eigenvalue weighted by Gasteiger charge is -2.22. The maximum absolute atomic E-state index is 11.4. The van der Waals surface area contributed by atoms with Crippen LogP contribution in [0.1, 0.15) is 38.5 Å². The van der Waals surface area contributed by atoms with Crippen molar-refractivity contribution in [3.8, 4) is 5.75 Å². The Balaban J connectivity index is 2.00.